The van der Waals surface area contributed by atoms with E-state index in [2.05, 4.69) is 43.4 Å². The standard InChI is InChI=1S/C18H29N7S/c1-4-5-16-12-17(22-14(2)21-16)25-9-6-15(7-10-25)19-8-11-26-18-23-20-13-24(18)3/h12-13,15,19H,4-11H2,1-3H3. The van der Waals surface area contributed by atoms with E-state index in [1.807, 2.05) is 18.5 Å². The lowest BCUT2D eigenvalue weighted by molar-refractivity contribution is 0.423. The quantitative estimate of drug-likeness (QED) is 0.560. The molecule has 0 aromatic carbocycles. The fourth-order valence-electron chi connectivity index (χ4n) is 3.28. The zero-order valence-corrected chi connectivity index (χ0v) is 16.8. The second kappa shape index (κ2) is 9.32. The molecule has 26 heavy (non-hydrogen) atoms. The van der Waals surface area contributed by atoms with Gasteiger partial charge in [-0.1, -0.05) is 25.1 Å². The average molecular weight is 376 g/mol. The number of piperidine rings is 1. The van der Waals surface area contributed by atoms with E-state index in [0.717, 1.165) is 73.6 Å². The van der Waals surface area contributed by atoms with E-state index >= 15 is 0 Å². The Labute approximate surface area is 160 Å². The summed E-state index contributed by atoms with van der Waals surface area (Å²) in [5.74, 6) is 2.99. The van der Waals surface area contributed by atoms with Gasteiger partial charge >= 0.3 is 0 Å². The molecule has 1 aliphatic heterocycles. The number of rotatable bonds is 8. The number of aryl methyl sites for hydroxylation is 3. The van der Waals surface area contributed by atoms with Gasteiger partial charge in [0.15, 0.2) is 5.16 Å². The zero-order chi connectivity index (χ0) is 18.4. The first-order chi connectivity index (χ1) is 12.7. The van der Waals surface area contributed by atoms with Gasteiger partial charge in [-0.25, -0.2) is 9.97 Å². The lowest BCUT2D eigenvalue weighted by Gasteiger charge is -2.33. The summed E-state index contributed by atoms with van der Waals surface area (Å²) < 4.78 is 1.96. The summed E-state index contributed by atoms with van der Waals surface area (Å²) in [6.45, 7) is 7.28. The van der Waals surface area contributed by atoms with E-state index in [4.69, 9.17) is 0 Å². The third-order valence-electron chi connectivity index (χ3n) is 4.64. The molecule has 0 saturated carbocycles. The lowest BCUT2D eigenvalue weighted by atomic mass is 10.0. The van der Waals surface area contributed by atoms with Crippen LogP contribution in [0.3, 0.4) is 0 Å². The first-order valence-corrected chi connectivity index (χ1v) is 10.4. The molecule has 0 atom stereocenters. The van der Waals surface area contributed by atoms with Crippen LogP contribution in [0.2, 0.25) is 0 Å². The van der Waals surface area contributed by atoms with Crippen molar-refractivity contribution >= 4 is 17.6 Å². The predicted octanol–water partition coefficient (Wildman–Crippen LogP) is 2.22. The van der Waals surface area contributed by atoms with Crippen molar-refractivity contribution in [2.24, 2.45) is 7.05 Å². The second-order valence-electron chi connectivity index (χ2n) is 6.80. The van der Waals surface area contributed by atoms with Crippen molar-refractivity contribution in [3.63, 3.8) is 0 Å². The number of thioether (sulfide) groups is 1. The maximum atomic E-state index is 4.65. The van der Waals surface area contributed by atoms with Crippen LogP contribution in [0, 0.1) is 6.92 Å². The molecule has 2 aromatic rings. The molecule has 1 saturated heterocycles. The largest absolute Gasteiger partial charge is 0.356 e. The second-order valence-corrected chi connectivity index (χ2v) is 7.87. The number of hydrogen-bond donors (Lipinski definition) is 1. The molecule has 0 spiro atoms. The van der Waals surface area contributed by atoms with Crippen molar-refractivity contribution in [2.75, 3.05) is 30.3 Å². The summed E-state index contributed by atoms with van der Waals surface area (Å²) in [5.41, 5.74) is 1.16. The number of nitrogens with one attached hydrogen (secondary N) is 1. The first-order valence-electron chi connectivity index (χ1n) is 9.45. The molecule has 8 heteroatoms. The van der Waals surface area contributed by atoms with Gasteiger partial charge in [-0.2, -0.15) is 0 Å². The highest BCUT2D eigenvalue weighted by atomic mass is 32.2. The van der Waals surface area contributed by atoms with Gasteiger partial charge in [0.25, 0.3) is 0 Å². The minimum Gasteiger partial charge on any atom is -0.356 e. The highest BCUT2D eigenvalue weighted by Crippen LogP contribution is 2.20. The van der Waals surface area contributed by atoms with Crippen molar-refractivity contribution in [3.8, 4) is 0 Å². The summed E-state index contributed by atoms with van der Waals surface area (Å²) in [5, 5.41) is 12.7. The Bertz CT molecular complexity index is 695. The first kappa shape index (κ1) is 19.1. The van der Waals surface area contributed by atoms with E-state index in [0.29, 0.717) is 6.04 Å². The van der Waals surface area contributed by atoms with Gasteiger partial charge in [-0.15, -0.1) is 10.2 Å². The van der Waals surface area contributed by atoms with Gasteiger partial charge < -0.3 is 14.8 Å². The zero-order valence-electron chi connectivity index (χ0n) is 16.0. The molecule has 0 amide bonds. The van der Waals surface area contributed by atoms with Crippen molar-refractivity contribution in [2.45, 2.75) is 50.7 Å². The topological polar surface area (TPSA) is 71.8 Å². The number of aromatic nitrogens is 5. The molecule has 1 fully saturated rings. The lowest BCUT2D eigenvalue weighted by Crippen LogP contribution is -2.43. The van der Waals surface area contributed by atoms with Crippen LogP contribution < -0.4 is 10.2 Å². The van der Waals surface area contributed by atoms with Crippen LogP contribution >= 0.6 is 11.8 Å². The molecule has 0 unspecified atom stereocenters. The van der Waals surface area contributed by atoms with Crippen molar-refractivity contribution in [1.29, 1.82) is 0 Å². The molecule has 142 valence electrons. The van der Waals surface area contributed by atoms with Gasteiger partial charge in [-0.3, -0.25) is 0 Å². The molecule has 1 aliphatic rings. The van der Waals surface area contributed by atoms with E-state index in [-0.39, 0.29) is 0 Å². The summed E-state index contributed by atoms with van der Waals surface area (Å²) in [7, 11) is 1.98. The highest BCUT2D eigenvalue weighted by Gasteiger charge is 2.20. The molecule has 0 radical (unpaired) electrons. The van der Waals surface area contributed by atoms with E-state index < -0.39 is 0 Å². The summed E-state index contributed by atoms with van der Waals surface area (Å²) in [6.07, 6.45) is 6.19. The van der Waals surface area contributed by atoms with Crippen LogP contribution in [0.5, 0.6) is 0 Å². The number of nitrogens with zero attached hydrogens (tertiary/aromatic N) is 6. The summed E-state index contributed by atoms with van der Waals surface area (Å²) >= 11 is 1.75. The molecule has 2 aromatic heterocycles. The van der Waals surface area contributed by atoms with E-state index in [1.54, 1.807) is 18.1 Å². The third kappa shape index (κ3) is 5.17. The van der Waals surface area contributed by atoms with Crippen LogP contribution in [0.4, 0.5) is 5.82 Å². The van der Waals surface area contributed by atoms with Crippen LogP contribution in [-0.4, -0.2) is 56.2 Å². The van der Waals surface area contributed by atoms with Crippen LogP contribution in [-0.2, 0) is 13.5 Å². The smallest absolute Gasteiger partial charge is 0.190 e. The van der Waals surface area contributed by atoms with Crippen molar-refractivity contribution < 1.29 is 0 Å². The third-order valence-corrected chi connectivity index (χ3v) is 5.67. The Balaban J connectivity index is 1.42. The van der Waals surface area contributed by atoms with Crippen LogP contribution in [0.25, 0.3) is 0 Å². The van der Waals surface area contributed by atoms with Crippen LogP contribution in [0.15, 0.2) is 17.6 Å². The van der Waals surface area contributed by atoms with Gasteiger partial charge in [0.05, 0.1) is 0 Å². The Kier molecular flexibility index (Phi) is 6.85. The molecule has 0 aliphatic carbocycles. The fourth-order valence-corrected chi connectivity index (χ4v) is 4.04. The van der Waals surface area contributed by atoms with Crippen molar-refractivity contribution in [3.05, 3.63) is 23.9 Å². The average Bonchev–Trinajstić information content (AvgIpc) is 3.04. The van der Waals surface area contributed by atoms with Gasteiger partial charge in [0, 0.05) is 50.2 Å². The Morgan fingerprint density at radius 1 is 1.27 bits per heavy atom. The molecular formula is C18H29N7S. The van der Waals surface area contributed by atoms with Gasteiger partial charge in [0.2, 0.25) is 0 Å². The molecule has 7 nitrogen and oxygen atoms in total. The molecule has 1 N–H and O–H groups in total. The minimum atomic E-state index is 0.587. The normalized spacial score (nSPS) is 15.6. The van der Waals surface area contributed by atoms with E-state index in [1.165, 1.54) is 0 Å². The highest BCUT2D eigenvalue weighted by molar-refractivity contribution is 7.99. The molecular weight excluding hydrogens is 346 g/mol. The minimum absolute atomic E-state index is 0.587. The maximum absolute atomic E-state index is 4.65. The maximum Gasteiger partial charge on any atom is 0.190 e. The molecule has 3 rings (SSSR count). The Hall–Kier alpha value is -1.67. The van der Waals surface area contributed by atoms with E-state index in [9.17, 15) is 0 Å². The Morgan fingerprint density at radius 3 is 2.77 bits per heavy atom. The van der Waals surface area contributed by atoms with Gasteiger partial charge in [0.1, 0.15) is 18.0 Å². The van der Waals surface area contributed by atoms with Gasteiger partial charge in [-0.05, 0) is 26.2 Å². The molecule has 3 heterocycles. The van der Waals surface area contributed by atoms with Crippen molar-refractivity contribution in [1.82, 2.24) is 30.0 Å². The molecule has 0 bridgehead atoms. The summed E-state index contributed by atoms with van der Waals surface area (Å²) in [4.78, 5) is 11.6. The number of hydrogen-bond acceptors (Lipinski definition) is 7. The summed E-state index contributed by atoms with van der Waals surface area (Å²) in [6, 6.07) is 2.76. The predicted molar refractivity (Wildman–Crippen MR) is 106 cm³/mol. The Morgan fingerprint density at radius 2 is 2.08 bits per heavy atom. The monoisotopic (exact) mass is 375 g/mol. The SMILES string of the molecule is CCCc1cc(N2CCC(NCCSc3nncn3C)CC2)nc(C)n1. The van der Waals surface area contributed by atoms with Crippen LogP contribution in [0.1, 0.15) is 37.7 Å². The number of anilines is 1. The fraction of sp³-hybridized carbons (Fsp3) is 0.667.